The van der Waals surface area contributed by atoms with E-state index in [1.54, 1.807) is 29.3 Å². The van der Waals surface area contributed by atoms with E-state index in [4.69, 9.17) is 4.98 Å². The number of fused-ring (bicyclic) bond motifs is 1. The summed E-state index contributed by atoms with van der Waals surface area (Å²) < 4.78 is 3.18. The topological polar surface area (TPSA) is 51.0 Å². The Bertz CT molecular complexity index is 1160. The van der Waals surface area contributed by atoms with E-state index < -0.39 is 0 Å². The molecule has 0 radical (unpaired) electrons. The first-order valence-corrected chi connectivity index (χ1v) is 12.5. The molecule has 166 valence electrons. The van der Waals surface area contributed by atoms with Gasteiger partial charge in [0.25, 0.3) is 5.91 Å². The van der Waals surface area contributed by atoms with Crippen LogP contribution < -0.4 is 4.90 Å². The second kappa shape index (κ2) is 9.88. The van der Waals surface area contributed by atoms with Crippen LogP contribution in [0.5, 0.6) is 0 Å². The molecule has 2 heterocycles. The molecule has 7 heteroatoms. The van der Waals surface area contributed by atoms with Gasteiger partial charge in [0, 0.05) is 41.2 Å². The Morgan fingerprint density at radius 3 is 2.53 bits per heavy atom. The van der Waals surface area contributed by atoms with Crippen molar-refractivity contribution in [2.45, 2.75) is 50.8 Å². The number of aromatic nitrogens is 3. The van der Waals surface area contributed by atoms with Gasteiger partial charge in [-0.1, -0.05) is 37.3 Å². The summed E-state index contributed by atoms with van der Waals surface area (Å²) in [6, 6.07) is 12.1. The lowest BCUT2D eigenvalue weighted by Crippen LogP contribution is -2.32. The van der Waals surface area contributed by atoms with Crippen molar-refractivity contribution in [1.82, 2.24) is 14.5 Å². The molecule has 4 aromatic rings. The molecule has 0 saturated heterocycles. The van der Waals surface area contributed by atoms with Crippen LogP contribution in [-0.2, 0) is 6.54 Å². The molecular formula is C25H28N4OS2. The van der Waals surface area contributed by atoms with Gasteiger partial charge in [-0.25, -0.2) is 9.97 Å². The zero-order valence-electron chi connectivity index (χ0n) is 18.9. The Kier molecular flexibility index (Phi) is 6.96. The van der Waals surface area contributed by atoms with E-state index in [-0.39, 0.29) is 5.91 Å². The molecule has 0 aliphatic carbocycles. The quantitative estimate of drug-likeness (QED) is 0.285. The highest BCUT2D eigenvalue weighted by Gasteiger charge is 2.22. The van der Waals surface area contributed by atoms with Crippen LogP contribution in [0.3, 0.4) is 0 Å². The van der Waals surface area contributed by atoms with Gasteiger partial charge in [0.15, 0.2) is 5.13 Å². The first-order chi connectivity index (χ1) is 15.4. The second-order valence-corrected chi connectivity index (χ2v) is 10.8. The number of carbonyl (C=O) groups excluding carboxylic acids is 1. The summed E-state index contributed by atoms with van der Waals surface area (Å²) in [6.07, 6.45) is 6.35. The van der Waals surface area contributed by atoms with Crippen molar-refractivity contribution in [3.05, 3.63) is 71.8 Å². The number of carbonyl (C=O) groups is 1. The predicted octanol–water partition coefficient (Wildman–Crippen LogP) is 6.35. The average molecular weight is 465 g/mol. The lowest BCUT2D eigenvalue weighted by atomic mass is 10.1. The molecule has 5 nitrogen and oxygen atoms in total. The van der Waals surface area contributed by atoms with Gasteiger partial charge in [0.2, 0.25) is 0 Å². The number of hydrogen-bond acceptors (Lipinski definition) is 5. The number of nitrogens with zero attached hydrogens (tertiary/aromatic N) is 4. The Balaban J connectivity index is 1.63. The maximum Gasteiger partial charge on any atom is 0.260 e. The van der Waals surface area contributed by atoms with Gasteiger partial charge < -0.3 is 4.57 Å². The van der Waals surface area contributed by atoms with Crippen molar-refractivity contribution in [3.8, 4) is 0 Å². The van der Waals surface area contributed by atoms with E-state index in [0.717, 1.165) is 33.9 Å². The molecule has 1 amide bonds. The number of hydrogen-bond donors (Lipinski definition) is 0. The van der Waals surface area contributed by atoms with E-state index in [1.807, 2.05) is 46.3 Å². The van der Waals surface area contributed by atoms with E-state index >= 15 is 0 Å². The molecule has 0 bridgehead atoms. The molecule has 32 heavy (non-hydrogen) atoms. The Morgan fingerprint density at radius 1 is 1.12 bits per heavy atom. The second-order valence-electron chi connectivity index (χ2n) is 8.18. The summed E-state index contributed by atoms with van der Waals surface area (Å²) in [6.45, 7) is 9.90. The fourth-order valence-electron chi connectivity index (χ4n) is 3.58. The first kappa shape index (κ1) is 22.6. The van der Waals surface area contributed by atoms with Crippen LogP contribution in [0.15, 0.2) is 60.0 Å². The number of aryl methyl sites for hydroxylation is 3. The number of amides is 1. The number of thioether (sulfide) groups is 1. The summed E-state index contributed by atoms with van der Waals surface area (Å²) in [4.78, 5) is 25.6. The molecule has 0 aliphatic rings. The molecule has 0 N–H and O–H groups in total. The van der Waals surface area contributed by atoms with Gasteiger partial charge in [-0.3, -0.25) is 9.69 Å². The summed E-state index contributed by atoms with van der Waals surface area (Å²) in [7, 11) is 0. The SMILES string of the molecule is Cc1ccc(C)c2sc(N(CCCn3ccnc3)C(=O)c3ccc(SC(C)C)cc3)nc12. The molecule has 0 unspecified atom stereocenters. The third kappa shape index (κ3) is 5.05. The number of anilines is 1. The minimum absolute atomic E-state index is 0.00825. The molecule has 0 fully saturated rings. The maximum atomic E-state index is 13.6. The normalized spacial score (nSPS) is 11.4. The third-order valence-corrected chi connectivity index (χ3v) is 7.47. The number of thiazole rings is 1. The van der Waals surface area contributed by atoms with Gasteiger partial charge in [-0.05, 0) is 55.7 Å². The lowest BCUT2D eigenvalue weighted by molar-refractivity contribution is 0.0986. The number of benzene rings is 2. The zero-order valence-corrected chi connectivity index (χ0v) is 20.5. The zero-order chi connectivity index (χ0) is 22.7. The van der Waals surface area contributed by atoms with Crippen LogP contribution in [0.4, 0.5) is 5.13 Å². The smallest absolute Gasteiger partial charge is 0.260 e. The summed E-state index contributed by atoms with van der Waals surface area (Å²) in [5.41, 5.74) is 4.00. The van der Waals surface area contributed by atoms with Crippen LogP contribution in [-0.4, -0.2) is 32.2 Å². The number of imidazole rings is 1. The van der Waals surface area contributed by atoms with Crippen molar-refractivity contribution in [1.29, 1.82) is 0 Å². The molecular weight excluding hydrogens is 436 g/mol. The Labute approximate surface area is 197 Å². The number of rotatable bonds is 8. The van der Waals surface area contributed by atoms with Gasteiger partial charge >= 0.3 is 0 Å². The summed E-state index contributed by atoms with van der Waals surface area (Å²) in [5.74, 6) is -0.00825. The molecule has 0 atom stereocenters. The monoisotopic (exact) mass is 464 g/mol. The third-order valence-electron chi connectivity index (χ3n) is 5.24. The van der Waals surface area contributed by atoms with Gasteiger partial charge in [-0.2, -0.15) is 0 Å². The summed E-state index contributed by atoms with van der Waals surface area (Å²) >= 11 is 3.40. The average Bonchev–Trinajstić information content (AvgIpc) is 3.44. The highest BCUT2D eigenvalue weighted by molar-refractivity contribution is 7.99. The Morgan fingerprint density at radius 2 is 1.88 bits per heavy atom. The minimum Gasteiger partial charge on any atom is -0.337 e. The molecule has 0 aliphatic heterocycles. The van der Waals surface area contributed by atoms with Crippen LogP contribution in [0.25, 0.3) is 10.2 Å². The van der Waals surface area contributed by atoms with Crippen LogP contribution in [0, 0.1) is 13.8 Å². The van der Waals surface area contributed by atoms with Crippen LogP contribution >= 0.6 is 23.1 Å². The predicted molar refractivity (Wildman–Crippen MR) is 135 cm³/mol. The summed E-state index contributed by atoms with van der Waals surface area (Å²) in [5, 5.41) is 1.26. The minimum atomic E-state index is -0.00825. The fourth-order valence-corrected chi connectivity index (χ4v) is 5.56. The lowest BCUT2D eigenvalue weighted by Gasteiger charge is -2.20. The van der Waals surface area contributed by atoms with E-state index in [9.17, 15) is 4.79 Å². The van der Waals surface area contributed by atoms with Crippen molar-refractivity contribution in [2.24, 2.45) is 0 Å². The highest BCUT2D eigenvalue weighted by atomic mass is 32.2. The van der Waals surface area contributed by atoms with Gasteiger partial charge in [0.1, 0.15) is 0 Å². The van der Waals surface area contributed by atoms with E-state index in [0.29, 0.717) is 17.4 Å². The van der Waals surface area contributed by atoms with Gasteiger partial charge in [-0.15, -0.1) is 11.8 Å². The van der Waals surface area contributed by atoms with Crippen molar-refractivity contribution in [3.63, 3.8) is 0 Å². The van der Waals surface area contributed by atoms with Gasteiger partial charge in [0.05, 0.1) is 16.5 Å². The maximum absolute atomic E-state index is 13.6. The van der Waals surface area contributed by atoms with Crippen molar-refractivity contribution < 1.29 is 4.79 Å². The molecule has 4 rings (SSSR count). The van der Waals surface area contributed by atoms with E-state index in [1.165, 1.54) is 10.5 Å². The molecule has 0 saturated carbocycles. The standard InChI is InChI=1S/C25H28N4OS2/c1-17(2)31-21-10-8-20(9-11-21)24(30)29(14-5-13-28-15-12-26-16-28)25-27-22-18(3)6-7-19(4)23(22)32-25/h6-12,15-17H,5,13-14H2,1-4H3. The molecule has 2 aromatic carbocycles. The molecule has 0 spiro atoms. The highest BCUT2D eigenvalue weighted by Crippen LogP contribution is 2.34. The largest absolute Gasteiger partial charge is 0.337 e. The Hall–Kier alpha value is -2.64. The molecule has 2 aromatic heterocycles. The van der Waals surface area contributed by atoms with E-state index in [2.05, 4.69) is 44.8 Å². The van der Waals surface area contributed by atoms with Crippen LogP contribution in [0.1, 0.15) is 41.8 Å². The van der Waals surface area contributed by atoms with Crippen LogP contribution in [0.2, 0.25) is 0 Å². The van der Waals surface area contributed by atoms with Crippen molar-refractivity contribution >= 4 is 44.4 Å². The first-order valence-electron chi connectivity index (χ1n) is 10.8. The van der Waals surface area contributed by atoms with Crippen molar-refractivity contribution in [2.75, 3.05) is 11.4 Å². The fraction of sp³-hybridized carbons (Fsp3) is 0.320.